The number of methoxy groups -OCH3 is 2. The van der Waals surface area contributed by atoms with Gasteiger partial charge in [-0.3, -0.25) is 9.69 Å². The normalized spacial score (nSPS) is 20.8. The van der Waals surface area contributed by atoms with Crippen molar-refractivity contribution in [1.29, 1.82) is 0 Å². The van der Waals surface area contributed by atoms with Gasteiger partial charge in [-0.2, -0.15) is 0 Å². The zero-order valence-corrected chi connectivity index (χ0v) is 12.6. The van der Waals surface area contributed by atoms with Gasteiger partial charge in [-0.05, 0) is 32.0 Å². The van der Waals surface area contributed by atoms with Gasteiger partial charge in [-0.15, -0.1) is 0 Å². The summed E-state index contributed by atoms with van der Waals surface area (Å²) < 4.78 is 10.6. The first-order valence-corrected chi connectivity index (χ1v) is 7.15. The molecule has 1 saturated heterocycles. The average Bonchev–Trinajstić information content (AvgIpc) is 2.47. The van der Waals surface area contributed by atoms with Crippen molar-refractivity contribution in [1.82, 2.24) is 9.80 Å². The number of Topliss-reactive ketones (excluding diaryl/α,β-unsaturated/α-hetero) is 1. The third-order valence-electron chi connectivity index (χ3n) is 3.86. The van der Waals surface area contributed by atoms with Crippen LogP contribution in [0.4, 0.5) is 0 Å². The molecule has 0 bridgehead atoms. The molecule has 20 heavy (non-hydrogen) atoms. The van der Waals surface area contributed by atoms with E-state index in [1.54, 1.807) is 14.2 Å². The molecule has 0 amide bonds. The molecule has 0 atom stereocenters. The lowest BCUT2D eigenvalue weighted by Gasteiger charge is -2.29. The maximum Gasteiger partial charge on any atom is 0.232 e. The Balaban J connectivity index is 2.06. The van der Waals surface area contributed by atoms with E-state index in [9.17, 15) is 4.79 Å². The minimum absolute atomic E-state index is 0.184. The van der Waals surface area contributed by atoms with E-state index in [2.05, 4.69) is 4.90 Å². The van der Waals surface area contributed by atoms with Crippen LogP contribution in [0, 0.1) is 0 Å². The standard InChI is InChI=1S/C15H24N2O3/c1-16-10-12(9-14(19-2)15(16)20-3)13(18)11-17-7-5-4-6-8-17/h9H,4-8,10-11H2,1-3H3. The van der Waals surface area contributed by atoms with E-state index in [1.165, 1.54) is 19.3 Å². The van der Waals surface area contributed by atoms with Gasteiger partial charge in [-0.25, -0.2) is 0 Å². The van der Waals surface area contributed by atoms with E-state index in [1.807, 2.05) is 18.0 Å². The van der Waals surface area contributed by atoms with Crippen LogP contribution in [0.15, 0.2) is 23.3 Å². The molecule has 0 saturated carbocycles. The highest BCUT2D eigenvalue weighted by atomic mass is 16.5. The second-order valence-electron chi connectivity index (χ2n) is 5.36. The van der Waals surface area contributed by atoms with Gasteiger partial charge in [-0.1, -0.05) is 6.42 Å². The first-order valence-electron chi connectivity index (χ1n) is 7.15. The molecule has 2 heterocycles. The highest BCUT2D eigenvalue weighted by molar-refractivity contribution is 5.98. The highest BCUT2D eigenvalue weighted by Crippen LogP contribution is 2.21. The number of hydrogen-bond donors (Lipinski definition) is 0. The Kier molecular flexibility index (Phi) is 5.06. The van der Waals surface area contributed by atoms with Gasteiger partial charge < -0.3 is 14.4 Å². The lowest BCUT2D eigenvalue weighted by molar-refractivity contribution is -0.117. The predicted molar refractivity (Wildman–Crippen MR) is 77.1 cm³/mol. The minimum atomic E-state index is 0.184. The topological polar surface area (TPSA) is 42.0 Å². The second-order valence-corrected chi connectivity index (χ2v) is 5.36. The first-order chi connectivity index (χ1) is 9.65. The van der Waals surface area contributed by atoms with Crippen molar-refractivity contribution in [3.05, 3.63) is 23.3 Å². The Morgan fingerprint density at radius 1 is 1.20 bits per heavy atom. The molecule has 2 rings (SSSR count). The number of piperidine rings is 1. The van der Waals surface area contributed by atoms with Crippen LogP contribution >= 0.6 is 0 Å². The summed E-state index contributed by atoms with van der Waals surface area (Å²) in [5, 5.41) is 0. The van der Waals surface area contributed by atoms with E-state index in [0.29, 0.717) is 24.7 Å². The van der Waals surface area contributed by atoms with Crippen LogP contribution in [-0.4, -0.2) is 63.0 Å². The van der Waals surface area contributed by atoms with Crippen molar-refractivity contribution in [3.8, 4) is 0 Å². The Morgan fingerprint density at radius 2 is 1.90 bits per heavy atom. The van der Waals surface area contributed by atoms with Crippen molar-refractivity contribution in [2.45, 2.75) is 19.3 Å². The molecule has 0 aliphatic carbocycles. The molecule has 0 unspecified atom stereocenters. The van der Waals surface area contributed by atoms with Gasteiger partial charge in [0.1, 0.15) is 0 Å². The number of rotatable bonds is 5. The van der Waals surface area contributed by atoms with E-state index in [-0.39, 0.29) is 5.78 Å². The third kappa shape index (κ3) is 3.33. The quantitative estimate of drug-likeness (QED) is 0.761. The fourth-order valence-corrected chi connectivity index (χ4v) is 2.77. The average molecular weight is 280 g/mol. The maximum atomic E-state index is 12.4. The lowest BCUT2D eigenvalue weighted by atomic mass is 10.1. The molecule has 112 valence electrons. The van der Waals surface area contributed by atoms with Crippen LogP contribution in [0.1, 0.15) is 19.3 Å². The molecule has 0 aromatic carbocycles. The fraction of sp³-hybridized carbons (Fsp3) is 0.667. The number of ketones is 1. The van der Waals surface area contributed by atoms with Gasteiger partial charge >= 0.3 is 0 Å². The summed E-state index contributed by atoms with van der Waals surface area (Å²) in [6.07, 6.45) is 5.49. The number of carbonyl (C=O) groups excluding carboxylic acids is 1. The number of allylic oxidation sites excluding steroid dienone is 1. The van der Waals surface area contributed by atoms with Crippen molar-refractivity contribution in [2.75, 3.05) is 47.4 Å². The molecule has 1 fully saturated rings. The Hall–Kier alpha value is -1.49. The van der Waals surface area contributed by atoms with Gasteiger partial charge in [0.05, 0.1) is 20.8 Å². The molecule has 2 aliphatic heterocycles. The van der Waals surface area contributed by atoms with Crippen LogP contribution in [-0.2, 0) is 14.3 Å². The Morgan fingerprint density at radius 3 is 2.50 bits per heavy atom. The van der Waals surface area contributed by atoms with Crippen molar-refractivity contribution >= 4 is 5.78 Å². The molecular formula is C15H24N2O3. The molecule has 0 aromatic heterocycles. The SMILES string of the molecule is COC1=C(OC)N(C)CC(C(=O)CN2CCCCC2)=C1. The van der Waals surface area contributed by atoms with Gasteiger partial charge in [0.15, 0.2) is 11.5 Å². The molecule has 2 aliphatic rings. The van der Waals surface area contributed by atoms with E-state index in [0.717, 1.165) is 18.7 Å². The van der Waals surface area contributed by atoms with Crippen LogP contribution in [0.2, 0.25) is 0 Å². The zero-order chi connectivity index (χ0) is 14.5. The van der Waals surface area contributed by atoms with Gasteiger partial charge in [0, 0.05) is 19.2 Å². The first kappa shape index (κ1) is 14.9. The van der Waals surface area contributed by atoms with Crippen molar-refractivity contribution in [3.63, 3.8) is 0 Å². The third-order valence-corrected chi connectivity index (χ3v) is 3.86. The summed E-state index contributed by atoms with van der Waals surface area (Å²) in [6, 6.07) is 0. The van der Waals surface area contributed by atoms with Crippen LogP contribution < -0.4 is 0 Å². The minimum Gasteiger partial charge on any atom is -0.491 e. The van der Waals surface area contributed by atoms with E-state index < -0.39 is 0 Å². The predicted octanol–water partition coefficient (Wildman–Crippen LogP) is 1.38. The highest BCUT2D eigenvalue weighted by Gasteiger charge is 2.24. The molecule has 5 heteroatoms. The van der Waals surface area contributed by atoms with Crippen molar-refractivity contribution in [2.24, 2.45) is 0 Å². The molecule has 5 nitrogen and oxygen atoms in total. The number of likely N-dealkylation sites (N-methyl/N-ethyl adjacent to an activating group) is 1. The lowest BCUT2D eigenvalue weighted by Crippen LogP contribution is -2.37. The van der Waals surface area contributed by atoms with E-state index in [4.69, 9.17) is 9.47 Å². The fourth-order valence-electron chi connectivity index (χ4n) is 2.77. The number of hydrogen-bond acceptors (Lipinski definition) is 5. The summed E-state index contributed by atoms with van der Waals surface area (Å²) in [5.41, 5.74) is 0.788. The summed E-state index contributed by atoms with van der Waals surface area (Å²) in [6.45, 7) is 3.15. The van der Waals surface area contributed by atoms with Crippen LogP contribution in [0.5, 0.6) is 0 Å². The van der Waals surface area contributed by atoms with Gasteiger partial charge in [0.2, 0.25) is 5.88 Å². The molecule has 0 radical (unpaired) electrons. The van der Waals surface area contributed by atoms with Gasteiger partial charge in [0.25, 0.3) is 0 Å². The Bertz CT molecular complexity index is 423. The van der Waals surface area contributed by atoms with Crippen LogP contribution in [0.3, 0.4) is 0 Å². The van der Waals surface area contributed by atoms with E-state index >= 15 is 0 Å². The van der Waals surface area contributed by atoms with Crippen LogP contribution in [0.25, 0.3) is 0 Å². The molecule has 0 aromatic rings. The van der Waals surface area contributed by atoms with Crippen molar-refractivity contribution < 1.29 is 14.3 Å². The number of nitrogens with zero attached hydrogens (tertiary/aromatic N) is 2. The summed E-state index contributed by atoms with van der Waals surface area (Å²) in [4.78, 5) is 16.6. The molecular weight excluding hydrogens is 256 g/mol. The number of carbonyl (C=O) groups is 1. The summed E-state index contributed by atoms with van der Waals surface area (Å²) in [7, 11) is 5.11. The zero-order valence-electron chi connectivity index (χ0n) is 12.6. The summed E-state index contributed by atoms with van der Waals surface area (Å²) >= 11 is 0. The largest absolute Gasteiger partial charge is 0.491 e. The number of ether oxygens (including phenoxy) is 2. The summed E-state index contributed by atoms with van der Waals surface area (Å²) in [5.74, 6) is 1.47. The maximum absolute atomic E-state index is 12.4. The monoisotopic (exact) mass is 280 g/mol. The smallest absolute Gasteiger partial charge is 0.232 e. The molecule has 0 spiro atoms. The number of likely N-dealkylation sites (tertiary alicyclic amines) is 1. The molecule has 0 N–H and O–H groups in total. The Labute approximate surface area is 120 Å². The second kappa shape index (κ2) is 6.79.